The van der Waals surface area contributed by atoms with Gasteiger partial charge in [0.25, 0.3) is 0 Å². The van der Waals surface area contributed by atoms with Crippen molar-refractivity contribution in [2.75, 3.05) is 37.5 Å². The summed E-state index contributed by atoms with van der Waals surface area (Å²) < 4.78 is 12.8. The van der Waals surface area contributed by atoms with Crippen LogP contribution in [-0.4, -0.2) is 53.2 Å². The summed E-state index contributed by atoms with van der Waals surface area (Å²) in [6.07, 6.45) is 3.48. The predicted molar refractivity (Wildman–Crippen MR) is 131 cm³/mol. The third-order valence-corrected chi connectivity index (χ3v) is 6.63. The molecule has 0 saturated carbocycles. The number of benzene rings is 2. The molecule has 4 rings (SSSR count). The second-order valence-electron chi connectivity index (χ2n) is 7.82. The average Bonchev–Trinajstić information content (AvgIpc) is 3.28. The number of anilines is 2. The van der Waals surface area contributed by atoms with Gasteiger partial charge in [0.1, 0.15) is 11.5 Å². The molecule has 1 aliphatic rings. The van der Waals surface area contributed by atoms with Crippen molar-refractivity contribution in [2.45, 2.75) is 36.6 Å². The Hall–Kier alpha value is -3.20. The van der Waals surface area contributed by atoms with Crippen LogP contribution in [0.2, 0.25) is 0 Å². The second kappa shape index (κ2) is 10.6. The van der Waals surface area contributed by atoms with Crippen LogP contribution < -0.4 is 19.7 Å². The van der Waals surface area contributed by atoms with Gasteiger partial charge in [-0.1, -0.05) is 23.9 Å². The average molecular weight is 468 g/mol. The maximum absolute atomic E-state index is 12.9. The summed E-state index contributed by atoms with van der Waals surface area (Å²) in [5, 5.41) is 12.2. The molecule has 0 spiro atoms. The molecule has 1 atom stereocenters. The standard InChI is InChI=1S/C24H29N5O3S/c1-17(22(30)25-18-11-13-19(31-2)14-12-18)33-24-27-26-23(28-15-7-4-8-16-28)29(24)20-9-5-6-10-21(20)32-3/h5-6,9-14,17H,4,7-8,15-16H2,1-3H3,(H,25,30). The number of hydrogen-bond acceptors (Lipinski definition) is 7. The third-order valence-electron chi connectivity index (χ3n) is 5.59. The zero-order valence-electron chi connectivity index (χ0n) is 19.2. The maximum Gasteiger partial charge on any atom is 0.237 e. The quantitative estimate of drug-likeness (QED) is 0.492. The van der Waals surface area contributed by atoms with Gasteiger partial charge in [-0.05, 0) is 62.6 Å². The Labute approximate surface area is 198 Å². The Bertz CT molecular complexity index is 1080. The highest BCUT2D eigenvalue weighted by molar-refractivity contribution is 8.00. The van der Waals surface area contributed by atoms with Crippen molar-refractivity contribution in [2.24, 2.45) is 0 Å². The van der Waals surface area contributed by atoms with Gasteiger partial charge in [-0.3, -0.25) is 9.36 Å². The number of nitrogens with one attached hydrogen (secondary N) is 1. The van der Waals surface area contributed by atoms with Crippen molar-refractivity contribution in [1.29, 1.82) is 0 Å². The molecule has 33 heavy (non-hydrogen) atoms. The minimum atomic E-state index is -0.390. The van der Waals surface area contributed by atoms with Gasteiger partial charge in [-0.15, -0.1) is 10.2 Å². The number of amides is 1. The summed E-state index contributed by atoms with van der Waals surface area (Å²) in [4.78, 5) is 15.2. The van der Waals surface area contributed by atoms with Gasteiger partial charge in [0.15, 0.2) is 5.16 Å². The van der Waals surface area contributed by atoms with Gasteiger partial charge in [0.05, 0.1) is 25.2 Å². The van der Waals surface area contributed by atoms with Crippen molar-refractivity contribution in [3.05, 3.63) is 48.5 Å². The van der Waals surface area contributed by atoms with Crippen LogP contribution in [0.5, 0.6) is 11.5 Å². The van der Waals surface area contributed by atoms with Crippen LogP contribution in [-0.2, 0) is 4.79 Å². The van der Waals surface area contributed by atoms with E-state index in [2.05, 4.69) is 20.4 Å². The van der Waals surface area contributed by atoms with E-state index < -0.39 is 0 Å². The van der Waals surface area contributed by atoms with E-state index in [0.29, 0.717) is 10.8 Å². The maximum atomic E-state index is 12.9. The largest absolute Gasteiger partial charge is 0.497 e. The number of aromatic nitrogens is 3. The van der Waals surface area contributed by atoms with E-state index in [1.807, 2.05) is 60.0 Å². The lowest BCUT2D eigenvalue weighted by atomic mass is 10.1. The summed E-state index contributed by atoms with van der Waals surface area (Å²) >= 11 is 1.37. The first-order chi connectivity index (χ1) is 16.1. The SMILES string of the molecule is COc1ccc(NC(=O)C(C)Sc2nnc(N3CCCCC3)n2-c2ccccc2OC)cc1. The molecule has 2 heterocycles. The smallest absolute Gasteiger partial charge is 0.237 e. The molecule has 8 nitrogen and oxygen atoms in total. The molecule has 0 aliphatic carbocycles. The van der Waals surface area contributed by atoms with Gasteiger partial charge in [-0.2, -0.15) is 0 Å². The molecule has 1 saturated heterocycles. The van der Waals surface area contributed by atoms with E-state index in [1.165, 1.54) is 18.2 Å². The van der Waals surface area contributed by atoms with Crippen LogP contribution in [0.15, 0.2) is 53.7 Å². The van der Waals surface area contributed by atoms with Crippen LogP contribution in [0.4, 0.5) is 11.6 Å². The molecule has 1 amide bonds. The topological polar surface area (TPSA) is 81.5 Å². The number of thioether (sulfide) groups is 1. The minimum absolute atomic E-state index is 0.112. The number of ether oxygens (including phenoxy) is 2. The molecule has 3 aromatic rings. The van der Waals surface area contributed by atoms with E-state index in [0.717, 1.165) is 49.1 Å². The first kappa shape index (κ1) is 23.0. The lowest BCUT2D eigenvalue weighted by Gasteiger charge is -2.28. The van der Waals surface area contributed by atoms with Crippen LogP contribution in [0, 0.1) is 0 Å². The molecule has 2 aromatic carbocycles. The highest BCUT2D eigenvalue weighted by Crippen LogP contribution is 2.34. The molecule has 1 unspecified atom stereocenters. The fraction of sp³-hybridized carbons (Fsp3) is 0.375. The van der Waals surface area contributed by atoms with E-state index in [1.54, 1.807) is 14.2 Å². The highest BCUT2D eigenvalue weighted by Gasteiger charge is 2.26. The number of nitrogens with zero attached hydrogens (tertiary/aromatic N) is 4. The fourth-order valence-electron chi connectivity index (χ4n) is 3.79. The van der Waals surface area contributed by atoms with Crippen molar-refractivity contribution in [3.8, 4) is 17.2 Å². The van der Waals surface area contributed by atoms with Gasteiger partial charge in [-0.25, -0.2) is 0 Å². The summed E-state index contributed by atoms with van der Waals surface area (Å²) in [6, 6.07) is 15.1. The lowest BCUT2D eigenvalue weighted by Crippen LogP contribution is -2.32. The second-order valence-corrected chi connectivity index (χ2v) is 9.12. The molecule has 0 bridgehead atoms. The normalized spacial score (nSPS) is 14.6. The lowest BCUT2D eigenvalue weighted by molar-refractivity contribution is -0.115. The van der Waals surface area contributed by atoms with E-state index >= 15 is 0 Å². The van der Waals surface area contributed by atoms with Crippen molar-refractivity contribution < 1.29 is 14.3 Å². The Balaban J connectivity index is 1.59. The van der Waals surface area contributed by atoms with Crippen LogP contribution in [0.25, 0.3) is 5.69 Å². The molecule has 174 valence electrons. The van der Waals surface area contributed by atoms with Gasteiger partial charge in [0.2, 0.25) is 11.9 Å². The zero-order chi connectivity index (χ0) is 23.2. The van der Waals surface area contributed by atoms with E-state index in [4.69, 9.17) is 9.47 Å². The molecule has 1 N–H and O–H groups in total. The van der Waals surface area contributed by atoms with Gasteiger partial charge < -0.3 is 19.7 Å². The van der Waals surface area contributed by atoms with Gasteiger partial charge >= 0.3 is 0 Å². The number of para-hydroxylation sites is 2. The zero-order valence-corrected chi connectivity index (χ0v) is 20.0. The highest BCUT2D eigenvalue weighted by atomic mass is 32.2. The summed E-state index contributed by atoms with van der Waals surface area (Å²) in [7, 11) is 3.27. The molecule has 1 aromatic heterocycles. The van der Waals surface area contributed by atoms with E-state index in [9.17, 15) is 4.79 Å². The third kappa shape index (κ3) is 5.24. The molecular weight excluding hydrogens is 438 g/mol. The monoisotopic (exact) mass is 467 g/mol. The number of hydrogen-bond donors (Lipinski definition) is 1. The molecule has 1 fully saturated rings. The number of carbonyl (C=O) groups is 1. The van der Waals surface area contributed by atoms with Gasteiger partial charge in [0, 0.05) is 18.8 Å². The molecule has 9 heteroatoms. The number of rotatable bonds is 8. The first-order valence-corrected chi connectivity index (χ1v) is 11.9. The van der Waals surface area contributed by atoms with Crippen molar-refractivity contribution in [3.63, 3.8) is 0 Å². The minimum Gasteiger partial charge on any atom is -0.497 e. The molecule has 0 radical (unpaired) electrons. The summed E-state index contributed by atoms with van der Waals surface area (Å²) in [6.45, 7) is 3.74. The Morgan fingerprint density at radius 1 is 1.00 bits per heavy atom. The first-order valence-electron chi connectivity index (χ1n) is 11.1. The Kier molecular flexibility index (Phi) is 7.39. The number of piperidine rings is 1. The fourth-order valence-corrected chi connectivity index (χ4v) is 4.65. The molecule has 1 aliphatic heterocycles. The summed E-state index contributed by atoms with van der Waals surface area (Å²) in [5.41, 5.74) is 1.57. The van der Waals surface area contributed by atoms with Crippen LogP contribution in [0.1, 0.15) is 26.2 Å². The Morgan fingerprint density at radius 2 is 1.73 bits per heavy atom. The molecular formula is C24H29N5O3S. The van der Waals surface area contributed by atoms with E-state index in [-0.39, 0.29) is 11.2 Å². The number of methoxy groups -OCH3 is 2. The Morgan fingerprint density at radius 3 is 2.42 bits per heavy atom. The van der Waals surface area contributed by atoms with Crippen molar-refractivity contribution >= 4 is 29.3 Å². The summed E-state index contributed by atoms with van der Waals surface area (Å²) in [5.74, 6) is 2.14. The number of carbonyl (C=O) groups excluding carboxylic acids is 1. The van der Waals surface area contributed by atoms with Crippen molar-refractivity contribution in [1.82, 2.24) is 14.8 Å². The predicted octanol–water partition coefficient (Wildman–Crippen LogP) is 4.39. The van der Waals surface area contributed by atoms with Crippen LogP contribution >= 0.6 is 11.8 Å². The van der Waals surface area contributed by atoms with Crippen LogP contribution in [0.3, 0.4) is 0 Å².